The first-order valence-corrected chi connectivity index (χ1v) is 12.9. The van der Waals surface area contributed by atoms with Crippen molar-refractivity contribution in [1.29, 1.82) is 0 Å². The van der Waals surface area contributed by atoms with Gasteiger partial charge in [-0.15, -0.1) is 0 Å². The van der Waals surface area contributed by atoms with Gasteiger partial charge in [0.15, 0.2) is 5.56 Å². The fraction of sp³-hybridized carbons (Fsp3) is 0.500. The number of hydrogen-bond donors (Lipinski definition) is 3. The lowest BCUT2D eigenvalue weighted by atomic mass is 10.1. The van der Waals surface area contributed by atoms with Gasteiger partial charge in [0.25, 0.3) is 5.91 Å². The molecule has 0 bridgehead atoms. The molecule has 4 rings (SSSR count). The molecule has 1 aliphatic heterocycles. The molecule has 1 saturated heterocycles. The molecule has 1 aromatic carbocycles. The van der Waals surface area contributed by atoms with Crippen molar-refractivity contribution in [3.05, 3.63) is 40.7 Å². The highest BCUT2D eigenvalue weighted by atomic mass is 32.1. The number of nitrogens with zero attached hydrogens (tertiary/aromatic N) is 3. The molecule has 0 unspecified atom stereocenters. The molecule has 2 aliphatic rings. The van der Waals surface area contributed by atoms with Crippen molar-refractivity contribution in [1.82, 2.24) is 24.8 Å². The van der Waals surface area contributed by atoms with Crippen LogP contribution in [-0.4, -0.2) is 91.5 Å². The van der Waals surface area contributed by atoms with Gasteiger partial charge in [0, 0.05) is 45.3 Å². The van der Waals surface area contributed by atoms with E-state index < -0.39 is 23.7 Å². The number of esters is 1. The number of methoxy groups -OCH3 is 1. The van der Waals surface area contributed by atoms with E-state index in [1.165, 1.54) is 25.3 Å². The molecular weight excluding hydrogens is 503 g/mol. The number of halogens is 1. The number of nitrogens with one attached hydrogen (secondary N) is 3. The van der Waals surface area contributed by atoms with Crippen LogP contribution in [0.5, 0.6) is 5.88 Å². The molecule has 1 aromatic heterocycles. The van der Waals surface area contributed by atoms with Crippen molar-refractivity contribution in [3.8, 4) is 5.88 Å². The summed E-state index contributed by atoms with van der Waals surface area (Å²) in [5, 5.41) is 8.37. The van der Waals surface area contributed by atoms with E-state index in [4.69, 9.17) is 9.47 Å². The van der Waals surface area contributed by atoms with Gasteiger partial charge in [0.2, 0.25) is 5.88 Å². The Balaban J connectivity index is 1.35. The molecule has 1 saturated carbocycles. The Bertz CT molecular complexity index is 1130. The Hall–Kier alpha value is -3.29. The maximum Gasteiger partial charge on any atom is 0.346 e. The van der Waals surface area contributed by atoms with Gasteiger partial charge in [-0.2, -0.15) is 4.37 Å². The van der Waals surface area contributed by atoms with Crippen LogP contribution in [0.1, 0.15) is 39.1 Å². The zero-order chi connectivity index (χ0) is 26.4. The molecule has 1 aliphatic carbocycles. The molecular formula is C24H31FN6O5S. The molecule has 0 atom stereocenters. The first kappa shape index (κ1) is 26.8. The number of amides is 3. The van der Waals surface area contributed by atoms with Crippen molar-refractivity contribution in [3.63, 3.8) is 0 Å². The maximum absolute atomic E-state index is 14.2. The quantitative estimate of drug-likeness (QED) is 0.395. The third kappa shape index (κ3) is 7.37. The Labute approximate surface area is 218 Å². The summed E-state index contributed by atoms with van der Waals surface area (Å²) >= 11 is 0.882. The average molecular weight is 535 g/mol. The van der Waals surface area contributed by atoms with Crippen LogP contribution in [0.15, 0.2) is 18.2 Å². The number of aromatic nitrogens is 1. The van der Waals surface area contributed by atoms with Gasteiger partial charge < -0.3 is 25.0 Å². The predicted molar refractivity (Wildman–Crippen MR) is 136 cm³/mol. The Morgan fingerprint density at radius 3 is 2.65 bits per heavy atom. The number of rotatable bonds is 10. The third-order valence-electron chi connectivity index (χ3n) is 6.15. The van der Waals surface area contributed by atoms with Crippen LogP contribution in [0, 0.1) is 5.82 Å². The van der Waals surface area contributed by atoms with Crippen molar-refractivity contribution in [2.24, 2.45) is 0 Å². The van der Waals surface area contributed by atoms with Crippen LogP contribution < -0.4 is 20.7 Å². The topological polar surface area (TPSA) is 125 Å². The van der Waals surface area contributed by atoms with E-state index in [0.29, 0.717) is 12.1 Å². The normalized spacial score (nSPS) is 16.2. The summed E-state index contributed by atoms with van der Waals surface area (Å²) in [6.07, 6.45) is 1.78. The summed E-state index contributed by atoms with van der Waals surface area (Å²) in [7, 11) is 3.30. The molecule has 2 heterocycles. The van der Waals surface area contributed by atoms with Crippen LogP contribution in [0.4, 0.5) is 14.2 Å². The van der Waals surface area contributed by atoms with Gasteiger partial charge in [0.05, 0.1) is 12.7 Å². The van der Waals surface area contributed by atoms with E-state index in [2.05, 4.69) is 37.2 Å². The number of hydrogen-bond acceptors (Lipinski definition) is 9. The second-order valence-corrected chi connectivity index (χ2v) is 9.83. The zero-order valence-electron chi connectivity index (χ0n) is 20.8. The molecule has 3 amide bonds. The predicted octanol–water partition coefficient (Wildman–Crippen LogP) is 1.91. The van der Waals surface area contributed by atoms with Gasteiger partial charge in [-0.3, -0.25) is 15.0 Å². The van der Waals surface area contributed by atoms with Crippen molar-refractivity contribution < 1.29 is 28.2 Å². The largest absolute Gasteiger partial charge is 0.472 e. The van der Waals surface area contributed by atoms with Crippen LogP contribution in [-0.2, 0) is 11.3 Å². The zero-order valence-corrected chi connectivity index (χ0v) is 21.7. The summed E-state index contributed by atoms with van der Waals surface area (Å²) in [4.78, 5) is 41.7. The van der Waals surface area contributed by atoms with Crippen LogP contribution >= 0.6 is 11.5 Å². The van der Waals surface area contributed by atoms with E-state index in [0.717, 1.165) is 57.1 Å². The number of likely N-dealkylation sites (N-methyl/N-ethyl adjacent to an activating group) is 1. The van der Waals surface area contributed by atoms with Crippen molar-refractivity contribution in [2.75, 3.05) is 58.7 Å². The van der Waals surface area contributed by atoms with E-state index in [1.807, 2.05) is 0 Å². The lowest BCUT2D eigenvalue weighted by Crippen LogP contribution is -2.47. The first-order valence-electron chi connectivity index (χ1n) is 12.1. The van der Waals surface area contributed by atoms with Crippen LogP contribution in [0.2, 0.25) is 0 Å². The summed E-state index contributed by atoms with van der Waals surface area (Å²) < 4.78 is 28.9. The van der Waals surface area contributed by atoms with Crippen molar-refractivity contribution in [2.45, 2.75) is 25.5 Å². The number of carbonyl (C=O) groups is 3. The number of ether oxygens (including phenoxy) is 2. The standard InChI is InChI=1S/C24H31FN6O5S/c1-30-9-11-31(12-10-30)8-7-26-24(34)28-22-19(23(33)35-2)21(29-37-22)36-14-15-3-6-18(25)17(13-15)20(32)27-16-4-5-16/h3,6,13,16H,4-5,7-12,14H2,1-2H3,(H,27,32)(H2,26,28,34). The monoisotopic (exact) mass is 534 g/mol. The lowest BCUT2D eigenvalue weighted by Gasteiger charge is -2.32. The molecule has 2 fully saturated rings. The smallest absolute Gasteiger partial charge is 0.346 e. The molecule has 0 radical (unpaired) electrons. The maximum atomic E-state index is 14.2. The number of anilines is 1. The minimum Gasteiger partial charge on any atom is -0.472 e. The summed E-state index contributed by atoms with van der Waals surface area (Å²) in [5.41, 5.74) is 0.424. The number of urea groups is 1. The number of piperazine rings is 1. The van der Waals surface area contributed by atoms with Gasteiger partial charge >= 0.3 is 12.0 Å². The minimum absolute atomic E-state index is 0.0180. The molecule has 200 valence electrons. The third-order valence-corrected chi connectivity index (χ3v) is 6.90. The fourth-order valence-corrected chi connectivity index (χ4v) is 4.48. The van der Waals surface area contributed by atoms with E-state index >= 15 is 0 Å². The van der Waals surface area contributed by atoms with Crippen LogP contribution in [0.3, 0.4) is 0 Å². The molecule has 13 heteroatoms. The Kier molecular flexibility index (Phi) is 8.90. The number of benzene rings is 1. The lowest BCUT2D eigenvalue weighted by molar-refractivity contribution is 0.0596. The molecule has 0 spiro atoms. The molecule has 2 aromatic rings. The summed E-state index contributed by atoms with van der Waals surface area (Å²) in [6.45, 7) is 4.98. The highest BCUT2D eigenvalue weighted by Gasteiger charge is 2.26. The second kappa shape index (κ2) is 12.3. The fourth-order valence-electron chi connectivity index (χ4n) is 3.77. The highest BCUT2D eigenvalue weighted by molar-refractivity contribution is 7.11. The van der Waals surface area contributed by atoms with Gasteiger partial charge in [-0.1, -0.05) is 6.07 Å². The SMILES string of the molecule is COC(=O)c1c(OCc2ccc(F)c(C(=O)NC3CC3)c2)nsc1NC(=O)NCCN1CCN(C)CC1. The molecule has 37 heavy (non-hydrogen) atoms. The Morgan fingerprint density at radius 2 is 1.95 bits per heavy atom. The van der Waals surface area contributed by atoms with Gasteiger partial charge in [0.1, 0.15) is 17.4 Å². The minimum atomic E-state index is -0.722. The highest BCUT2D eigenvalue weighted by Crippen LogP contribution is 2.32. The van der Waals surface area contributed by atoms with E-state index in [1.54, 1.807) is 0 Å². The number of carbonyl (C=O) groups excluding carboxylic acids is 3. The van der Waals surface area contributed by atoms with Gasteiger partial charge in [-0.25, -0.2) is 14.0 Å². The average Bonchev–Trinajstić information content (AvgIpc) is 3.62. The van der Waals surface area contributed by atoms with Crippen LogP contribution in [0.25, 0.3) is 0 Å². The molecule has 11 nitrogen and oxygen atoms in total. The summed E-state index contributed by atoms with van der Waals surface area (Å²) in [6, 6.07) is 3.71. The first-order chi connectivity index (χ1) is 17.8. The van der Waals surface area contributed by atoms with E-state index in [-0.39, 0.29) is 34.7 Å². The molecule has 3 N–H and O–H groups in total. The Morgan fingerprint density at radius 1 is 1.19 bits per heavy atom. The second-order valence-electron chi connectivity index (χ2n) is 9.06. The van der Waals surface area contributed by atoms with Gasteiger partial charge in [-0.05, 0) is 49.1 Å². The summed E-state index contributed by atoms with van der Waals surface area (Å²) in [5.74, 6) is -1.86. The van der Waals surface area contributed by atoms with E-state index in [9.17, 15) is 18.8 Å². The van der Waals surface area contributed by atoms with Crippen molar-refractivity contribution >= 4 is 34.4 Å².